The van der Waals surface area contributed by atoms with Gasteiger partial charge in [0.05, 0.1) is 12.3 Å². The minimum atomic E-state index is 0.325. The third kappa shape index (κ3) is 3.63. The predicted octanol–water partition coefficient (Wildman–Crippen LogP) is 2.25. The molecule has 0 amide bonds. The Hall–Kier alpha value is -1.40. The number of nitrogens with one attached hydrogen (secondary N) is 1. The second-order valence-corrected chi connectivity index (χ2v) is 6.33. The molecule has 21 heavy (non-hydrogen) atoms. The summed E-state index contributed by atoms with van der Waals surface area (Å²) in [5.74, 6) is 3.97. The Morgan fingerprint density at radius 2 is 2.33 bits per heavy atom. The van der Waals surface area contributed by atoms with E-state index in [9.17, 15) is 0 Å². The Balaban J connectivity index is 1.66. The molecule has 0 bridgehead atoms. The Bertz CT molecular complexity index is 560. The normalized spacial score (nSPS) is 21.8. The van der Waals surface area contributed by atoms with Crippen LogP contribution in [0.2, 0.25) is 0 Å². The van der Waals surface area contributed by atoms with E-state index in [4.69, 9.17) is 4.52 Å². The SMILES string of the molecule is CCCNC1CSCC1c1nc(Cc2ccccn2)no1. The van der Waals surface area contributed by atoms with E-state index in [-0.39, 0.29) is 0 Å². The molecule has 1 fully saturated rings. The first-order chi connectivity index (χ1) is 10.4. The zero-order chi connectivity index (χ0) is 14.5. The van der Waals surface area contributed by atoms with E-state index in [1.165, 1.54) is 0 Å². The van der Waals surface area contributed by atoms with Gasteiger partial charge in [0.25, 0.3) is 0 Å². The van der Waals surface area contributed by atoms with Gasteiger partial charge in [-0.3, -0.25) is 4.98 Å². The van der Waals surface area contributed by atoms with Crippen molar-refractivity contribution in [3.05, 3.63) is 41.8 Å². The molecule has 112 valence electrons. The quantitative estimate of drug-likeness (QED) is 0.883. The number of hydrogen-bond donors (Lipinski definition) is 1. The minimum Gasteiger partial charge on any atom is -0.339 e. The van der Waals surface area contributed by atoms with Crippen molar-refractivity contribution < 1.29 is 4.52 Å². The second kappa shape index (κ2) is 7.04. The van der Waals surface area contributed by atoms with Gasteiger partial charge in [0, 0.05) is 29.4 Å². The van der Waals surface area contributed by atoms with Crippen molar-refractivity contribution in [1.82, 2.24) is 20.4 Å². The van der Waals surface area contributed by atoms with Crippen LogP contribution >= 0.6 is 11.8 Å². The van der Waals surface area contributed by atoms with Crippen molar-refractivity contribution >= 4 is 11.8 Å². The maximum atomic E-state index is 5.49. The van der Waals surface area contributed by atoms with Crippen LogP contribution in [0.25, 0.3) is 0 Å². The summed E-state index contributed by atoms with van der Waals surface area (Å²) >= 11 is 1.95. The third-order valence-corrected chi connectivity index (χ3v) is 4.79. The molecule has 1 aliphatic rings. The molecule has 0 aromatic carbocycles. The first kappa shape index (κ1) is 14.5. The summed E-state index contributed by atoms with van der Waals surface area (Å²) < 4.78 is 5.49. The fourth-order valence-electron chi connectivity index (χ4n) is 2.48. The molecule has 2 aromatic heterocycles. The van der Waals surface area contributed by atoms with Crippen LogP contribution in [-0.4, -0.2) is 39.2 Å². The van der Waals surface area contributed by atoms with Crippen LogP contribution in [0.15, 0.2) is 28.9 Å². The lowest BCUT2D eigenvalue weighted by Crippen LogP contribution is -2.34. The fourth-order valence-corrected chi connectivity index (χ4v) is 3.85. The van der Waals surface area contributed by atoms with Crippen molar-refractivity contribution in [3.8, 4) is 0 Å². The molecule has 1 N–H and O–H groups in total. The molecular weight excluding hydrogens is 284 g/mol. The maximum absolute atomic E-state index is 5.49. The van der Waals surface area contributed by atoms with E-state index in [2.05, 4.69) is 27.4 Å². The van der Waals surface area contributed by atoms with Crippen LogP contribution in [0, 0.1) is 0 Å². The zero-order valence-corrected chi connectivity index (χ0v) is 13.0. The van der Waals surface area contributed by atoms with Crippen molar-refractivity contribution in [3.63, 3.8) is 0 Å². The molecule has 3 heterocycles. The van der Waals surface area contributed by atoms with E-state index in [1.54, 1.807) is 6.20 Å². The van der Waals surface area contributed by atoms with Crippen LogP contribution in [0.4, 0.5) is 0 Å². The summed E-state index contributed by atoms with van der Waals surface area (Å²) in [6.07, 6.45) is 3.55. The highest BCUT2D eigenvalue weighted by Gasteiger charge is 2.33. The molecule has 0 spiro atoms. The summed E-state index contributed by atoms with van der Waals surface area (Å²) in [5, 5.41) is 7.69. The molecule has 5 nitrogen and oxygen atoms in total. The number of pyridine rings is 1. The van der Waals surface area contributed by atoms with Crippen molar-refractivity contribution in [2.45, 2.75) is 31.7 Å². The van der Waals surface area contributed by atoms with E-state index >= 15 is 0 Å². The standard InChI is InChI=1S/C15H20N4OS/c1-2-6-17-13-10-21-9-12(13)15-18-14(19-20-15)8-11-5-3-4-7-16-11/h3-5,7,12-13,17H,2,6,8-10H2,1H3. The zero-order valence-electron chi connectivity index (χ0n) is 12.2. The Morgan fingerprint density at radius 3 is 3.14 bits per heavy atom. The van der Waals surface area contributed by atoms with Gasteiger partial charge in [0.15, 0.2) is 5.82 Å². The Kier molecular flexibility index (Phi) is 4.87. The van der Waals surface area contributed by atoms with Gasteiger partial charge in [0.1, 0.15) is 0 Å². The van der Waals surface area contributed by atoms with Gasteiger partial charge in [-0.1, -0.05) is 18.1 Å². The molecule has 0 radical (unpaired) electrons. The smallest absolute Gasteiger partial charge is 0.232 e. The molecule has 1 aliphatic heterocycles. The number of thioether (sulfide) groups is 1. The van der Waals surface area contributed by atoms with Gasteiger partial charge >= 0.3 is 0 Å². The van der Waals surface area contributed by atoms with Gasteiger partial charge in [-0.2, -0.15) is 16.7 Å². The van der Waals surface area contributed by atoms with Crippen LogP contribution < -0.4 is 5.32 Å². The lowest BCUT2D eigenvalue weighted by atomic mass is 10.0. The molecule has 0 saturated carbocycles. The number of nitrogens with zero attached hydrogens (tertiary/aromatic N) is 3. The predicted molar refractivity (Wildman–Crippen MR) is 83.5 cm³/mol. The molecular formula is C15H20N4OS. The van der Waals surface area contributed by atoms with Gasteiger partial charge < -0.3 is 9.84 Å². The van der Waals surface area contributed by atoms with Gasteiger partial charge in [0.2, 0.25) is 5.89 Å². The molecule has 2 atom stereocenters. The molecule has 3 rings (SSSR count). The largest absolute Gasteiger partial charge is 0.339 e. The summed E-state index contributed by atoms with van der Waals surface area (Å²) in [7, 11) is 0. The topological polar surface area (TPSA) is 63.8 Å². The highest BCUT2D eigenvalue weighted by Crippen LogP contribution is 2.32. The van der Waals surface area contributed by atoms with Crippen molar-refractivity contribution in [1.29, 1.82) is 0 Å². The average Bonchev–Trinajstić information content (AvgIpc) is 3.15. The van der Waals surface area contributed by atoms with E-state index < -0.39 is 0 Å². The van der Waals surface area contributed by atoms with Crippen LogP contribution in [0.1, 0.15) is 36.7 Å². The van der Waals surface area contributed by atoms with E-state index in [0.717, 1.165) is 41.9 Å². The number of rotatable bonds is 6. The monoisotopic (exact) mass is 304 g/mol. The molecule has 0 aliphatic carbocycles. The van der Waals surface area contributed by atoms with Crippen LogP contribution in [-0.2, 0) is 6.42 Å². The maximum Gasteiger partial charge on any atom is 0.232 e. The van der Waals surface area contributed by atoms with E-state index in [1.807, 2.05) is 30.0 Å². The molecule has 2 unspecified atom stereocenters. The summed E-state index contributed by atoms with van der Waals surface area (Å²) in [6.45, 7) is 3.22. The third-order valence-electron chi connectivity index (χ3n) is 3.60. The summed E-state index contributed by atoms with van der Waals surface area (Å²) in [5.41, 5.74) is 0.964. The first-order valence-corrected chi connectivity index (χ1v) is 8.55. The Labute approximate surface area is 128 Å². The van der Waals surface area contributed by atoms with E-state index in [0.29, 0.717) is 18.4 Å². The summed E-state index contributed by atoms with van der Waals surface area (Å²) in [6, 6.07) is 6.30. The second-order valence-electron chi connectivity index (χ2n) is 5.25. The number of hydrogen-bond acceptors (Lipinski definition) is 6. The van der Waals surface area contributed by atoms with Crippen molar-refractivity contribution in [2.24, 2.45) is 0 Å². The highest BCUT2D eigenvalue weighted by molar-refractivity contribution is 7.99. The first-order valence-electron chi connectivity index (χ1n) is 7.40. The summed E-state index contributed by atoms with van der Waals surface area (Å²) in [4.78, 5) is 8.87. The van der Waals surface area contributed by atoms with Crippen LogP contribution in [0.3, 0.4) is 0 Å². The van der Waals surface area contributed by atoms with Crippen LogP contribution in [0.5, 0.6) is 0 Å². The Morgan fingerprint density at radius 1 is 1.38 bits per heavy atom. The minimum absolute atomic E-state index is 0.325. The molecule has 6 heteroatoms. The van der Waals surface area contributed by atoms with Gasteiger partial charge in [-0.15, -0.1) is 0 Å². The molecule has 1 saturated heterocycles. The lowest BCUT2D eigenvalue weighted by Gasteiger charge is -2.16. The molecule has 2 aromatic rings. The fraction of sp³-hybridized carbons (Fsp3) is 0.533. The number of aromatic nitrogens is 3. The average molecular weight is 304 g/mol. The highest BCUT2D eigenvalue weighted by atomic mass is 32.2. The lowest BCUT2D eigenvalue weighted by molar-refractivity contribution is 0.336. The van der Waals surface area contributed by atoms with Gasteiger partial charge in [-0.25, -0.2) is 0 Å². The van der Waals surface area contributed by atoms with Gasteiger partial charge in [-0.05, 0) is 25.1 Å². The van der Waals surface area contributed by atoms with Crippen molar-refractivity contribution in [2.75, 3.05) is 18.1 Å².